The maximum Gasteiger partial charge on any atom is 0.261 e. The number of sulfone groups is 1. The Morgan fingerprint density at radius 1 is 0.970 bits per heavy atom. The van der Waals surface area contributed by atoms with Gasteiger partial charge < -0.3 is 0 Å². The summed E-state index contributed by atoms with van der Waals surface area (Å²) in [6.45, 7) is 3.36. The number of aromatic nitrogens is 1. The van der Waals surface area contributed by atoms with Gasteiger partial charge in [-0.2, -0.15) is 0 Å². The van der Waals surface area contributed by atoms with Crippen LogP contribution in [0.2, 0.25) is 10.0 Å². The van der Waals surface area contributed by atoms with Crippen molar-refractivity contribution in [2.75, 3.05) is 11.0 Å². The molecule has 0 atom stereocenters. The Balaban J connectivity index is 2.05. The molecule has 0 unspecified atom stereocenters. The molecule has 1 aromatic heterocycles. The van der Waals surface area contributed by atoms with Crippen LogP contribution in [0.4, 0.5) is 5.69 Å². The van der Waals surface area contributed by atoms with Crippen LogP contribution < -0.4 is 4.72 Å². The van der Waals surface area contributed by atoms with Crippen molar-refractivity contribution in [2.45, 2.75) is 24.5 Å². The Morgan fingerprint density at radius 2 is 1.67 bits per heavy atom. The third kappa shape index (κ3) is 6.11. The van der Waals surface area contributed by atoms with Crippen molar-refractivity contribution in [3.05, 3.63) is 86.7 Å². The molecular formula is C22H20Cl2N2O5S2. The molecule has 3 aromatic rings. The first-order valence-electron chi connectivity index (χ1n) is 9.53. The lowest BCUT2D eigenvalue weighted by Crippen LogP contribution is -2.17. The summed E-state index contributed by atoms with van der Waals surface area (Å²) in [4.78, 5) is 17.3. The number of hydrogen-bond donors (Lipinski definition) is 1. The number of nitrogens with one attached hydrogen (secondary N) is 1. The molecule has 0 radical (unpaired) electrons. The molecule has 0 aliphatic rings. The van der Waals surface area contributed by atoms with E-state index in [0.717, 1.165) is 6.26 Å². The highest BCUT2D eigenvalue weighted by Gasteiger charge is 2.23. The maximum atomic E-state index is 13.3. The molecule has 3 rings (SSSR count). The smallest absolute Gasteiger partial charge is 0.261 e. The number of nitrogens with zero attached hydrogens (tertiary/aromatic N) is 1. The molecule has 0 spiro atoms. The third-order valence-corrected chi connectivity index (χ3v) is 7.58. The van der Waals surface area contributed by atoms with Crippen molar-refractivity contribution in [1.29, 1.82) is 0 Å². The van der Waals surface area contributed by atoms with E-state index in [9.17, 15) is 21.6 Å². The number of halogens is 2. The second kappa shape index (κ2) is 9.42. The topological polar surface area (TPSA) is 110 Å². The highest BCUT2D eigenvalue weighted by molar-refractivity contribution is 7.92. The van der Waals surface area contributed by atoms with E-state index in [2.05, 4.69) is 9.71 Å². The Hall–Kier alpha value is -2.46. The minimum absolute atomic E-state index is 0.0471. The molecule has 0 aliphatic carbocycles. The van der Waals surface area contributed by atoms with Gasteiger partial charge >= 0.3 is 0 Å². The van der Waals surface area contributed by atoms with E-state index >= 15 is 0 Å². The van der Waals surface area contributed by atoms with Crippen molar-refractivity contribution in [1.82, 2.24) is 4.98 Å². The third-order valence-electron chi connectivity index (χ3n) is 4.73. The van der Waals surface area contributed by atoms with Gasteiger partial charge in [0.15, 0.2) is 9.84 Å². The molecule has 0 bridgehead atoms. The number of benzene rings is 2. The molecule has 0 aliphatic heterocycles. The van der Waals surface area contributed by atoms with Gasteiger partial charge in [0, 0.05) is 23.0 Å². The molecule has 33 heavy (non-hydrogen) atoms. The van der Waals surface area contributed by atoms with E-state index in [1.54, 1.807) is 26.0 Å². The molecule has 1 N–H and O–H groups in total. The zero-order valence-electron chi connectivity index (χ0n) is 17.9. The van der Waals surface area contributed by atoms with Gasteiger partial charge in [-0.1, -0.05) is 35.3 Å². The lowest BCUT2D eigenvalue weighted by atomic mass is 9.99. The number of sulfonamides is 1. The van der Waals surface area contributed by atoms with Crippen LogP contribution in [0.3, 0.4) is 0 Å². The van der Waals surface area contributed by atoms with Crippen LogP contribution in [0.5, 0.6) is 0 Å². The van der Waals surface area contributed by atoms with Gasteiger partial charge in [-0.3, -0.25) is 9.52 Å². The summed E-state index contributed by atoms with van der Waals surface area (Å²) in [7, 11) is -7.41. The zero-order valence-corrected chi connectivity index (χ0v) is 21.0. The van der Waals surface area contributed by atoms with Crippen LogP contribution in [0.25, 0.3) is 0 Å². The van der Waals surface area contributed by atoms with Gasteiger partial charge in [0.05, 0.1) is 21.4 Å². The van der Waals surface area contributed by atoms with Crippen LogP contribution in [-0.2, 0) is 25.6 Å². The van der Waals surface area contributed by atoms with E-state index < -0.39 is 25.6 Å². The molecular weight excluding hydrogens is 507 g/mol. The molecule has 11 heteroatoms. The predicted molar refractivity (Wildman–Crippen MR) is 129 cm³/mol. The van der Waals surface area contributed by atoms with Crippen LogP contribution in [0.1, 0.15) is 32.7 Å². The second-order valence-electron chi connectivity index (χ2n) is 7.61. The first-order chi connectivity index (χ1) is 15.3. The molecule has 0 amide bonds. The predicted octanol–water partition coefficient (Wildman–Crippen LogP) is 4.58. The lowest BCUT2D eigenvalue weighted by molar-refractivity contribution is 0.103. The van der Waals surface area contributed by atoms with Crippen molar-refractivity contribution < 1.29 is 21.6 Å². The first-order valence-corrected chi connectivity index (χ1v) is 13.8. The van der Waals surface area contributed by atoms with Crippen LogP contribution in [-0.4, -0.2) is 33.9 Å². The Bertz CT molecular complexity index is 1470. The molecule has 174 valence electrons. The highest BCUT2D eigenvalue weighted by Crippen LogP contribution is 2.27. The Morgan fingerprint density at radius 3 is 2.30 bits per heavy atom. The van der Waals surface area contributed by atoms with Crippen LogP contribution >= 0.6 is 23.2 Å². The van der Waals surface area contributed by atoms with Gasteiger partial charge in [-0.15, -0.1) is 0 Å². The van der Waals surface area contributed by atoms with E-state index in [4.69, 9.17) is 23.2 Å². The summed E-state index contributed by atoms with van der Waals surface area (Å²) in [5.74, 6) is -0.818. The fourth-order valence-corrected chi connectivity index (χ4v) is 5.32. The summed E-state index contributed by atoms with van der Waals surface area (Å²) in [5.41, 5.74) is 1.50. The van der Waals surface area contributed by atoms with E-state index in [1.807, 2.05) is 0 Å². The SMILES string of the molecule is Cc1cc(S(=O)(=O)Nc2cc(Cl)cnc2C(=O)c2cc(CS(C)(=O)=O)ccc2C)ccc1Cl. The van der Waals surface area contributed by atoms with Crippen molar-refractivity contribution in [3.8, 4) is 0 Å². The fraction of sp³-hybridized carbons (Fsp3) is 0.182. The minimum Gasteiger partial charge on any atom is -0.287 e. The van der Waals surface area contributed by atoms with Crippen molar-refractivity contribution in [2.24, 2.45) is 0 Å². The molecule has 7 nitrogen and oxygen atoms in total. The van der Waals surface area contributed by atoms with E-state index in [-0.39, 0.29) is 32.6 Å². The number of carbonyl (C=O) groups excluding carboxylic acids is 1. The van der Waals surface area contributed by atoms with Crippen molar-refractivity contribution >= 4 is 54.5 Å². The number of carbonyl (C=O) groups is 1. The largest absolute Gasteiger partial charge is 0.287 e. The minimum atomic E-state index is -4.09. The average Bonchev–Trinajstić information content (AvgIpc) is 2.69. The lowest BCUT2D eigenvalue weighted by Gasteiger charge is -2.14. The van der Waals surface area contributed by atoms with Gasteiger partial charge in [0.2, 0.25) is 5.78 Å². The Kier molecular flexibility index (Phi) is 7.18. The normalized spacial score (nSPS) is 11.9. The summed E-state index contributed by atoms with van der Waals surface area (Å²) in [6, 6.07) is 10.2. The monoisotopic (exact) mass is 526 g/mol. The number of pyridine rings is 1. The standard InChI is InChI=1S/C22H20Cl2N2O5S2/c1-13-4-5-15(12-32(3,28)29)9-18(13)22(27)21-20(10-16(23)11-25-21)26-33(30,31)17-6-7-19(24)14(2)8-17/h4-11,26H,12H2,1-3H3. The summed E-state index contributed by atoms with van der Waals surface area (Å²) in [6.07, 6.45) is 2.33. The van der Waals surface area contributed by atoms with Crippen LogP contribution in [0.15, 0.2) is 53.6 Å². The maximum absolute atomic E-state index is 13.3. The van der Waals surface area contributed by atoms with Gasteiger partial charge in [-0.05, 0) is 60.9 Å². The summed E-state index contributed by atoms with van der Waals surface area (Å²) in [5, 5.41) is 0.540. The summed E-state index contributed by atoms with van der Waals surface area (Å²) >= 11 is 12.0. The number of ketones is 1. The molecule has 0 saturated carbocycles. The van der Waals surface area contributed by atoms with E-state index in [1.165, 1.54) is 36.5 Å². The molecule has 0 fully saturated rings. The molecule has 1 heterocycles. The fourth-order valence-electron chi connectivity index (χ4n) is 3.12. The average molecular weight is 527 g/mol. The van der Waals surface area contributed by atoms with Crippen molar-refractivity contribution in [3.63, 3.8) is 0 Å². The zero-order chi connectivity index (χ0) is 24.6. The molecule has 2 aromatic carbocycles. The second-order valence-corrected chi connectivity index (χ2v) is 12.3. The Labute approximate surface area is 202 Å². The highest BCUT2D eigenvalue weighted by atomic mass is 35.5. The summed E-state index contributed by atoms with van der Waals surface area (Å²) < 4.78 is 51.6. The van der Waals surface area contributed by atoms with E-state index in [0.29, 0.717) is 21.7 Å². The first kappa shape index (κ1) is 25.2. The molecule has 0 saturated heterocycles. The number of aryl methyl sites for hydroxylation is 2. The van der Waals surface area contributed by atoms with Gasteiger partial charge in [0.1, 0.15) is 5.69 Å². The number of rotatable bonds is 7. The number of anilines is 1. The quantitative estimate of drug-likeness (QED) is 0.451. The van der Waals surface area contributed by atoms with Crippen LogP contribution in [0, 0.1) is 13.8 Å². The number of hydrogen-bond acceptors (Lipinski definition) is 6. The van der Waals surface area contributed by atoms with Gasteiger partial charge in [0.25, 0.3) is 10.0 Å². The van der Waals surface area contributed by atoms with Gasteiger partial charge in [-0.25, -0.2) is 21.8 Å².